The predicted molar refractivity (Wildman–Crippen MR) is 172 cm³/mol. The molecule has 2 aliphatic rings. The third kappa shape index (κ3) is 6.84. The summed E-state index contributed by atoms with van der Waals surface area (Å²) in [6, 6.07) is 9.70. The van der Waals surface area contributed by atoms with E-state index in [1.807, 2.05) is 0 Å². The number of pyridine rings is 1. The Labute approximate surface area is 269 Å². The first-order chi connectivity index (χ1) is 22.0. The molecule has 13 nitrogen and oxygen atoms in total. The van der Waals surface area contributed by atoms with Gasteiger partial charge in [-0.2, -0.15) is 0 Å². The maximum Gasteiger partial charge on any atom is 0.341 e. The highest BCUT2D eigenvalue weighted by Gasteiger charge is 2.29. The SMILES string of the molecule is O=C(Nc1ccc(Cl)cc1)Nc1cc(=O)[nH]c(SCC(=O)N2CCN(c3cc4c(cc3F)c(=O)c(C(=O)O)cn4C3CC3)CC2)n1. The molecule has 0 bridgehead atoms. The Bertz CT molecular complexity index is 1970. The van der Waals surface area contributed by atoms with Gasteiger partial charge >= 0.3 is 12.0 Å². The van der Waals surface area contributed by atoms with Gasteiger partial charge in [0, 0.05) is 60.6 Å². The Kier molecular flexibility index (Phi) is 8.69. The number of hydrogen-bond acceptors (Lipinski definition) is 8. The highest BCUT2D eigenvalue weighted by Crippen LogP contribution is 2.38. The number of benzene rings is 2. The number of carbonyl (C=O) groups is 3. The van der Waals surface area contributed by atoms with Crippen molar-refractivity contribution in [1.82, 2.24) is 19.4 Å². The lowest BCUT2D eigenvalue weighted by Gasteiger charge is -2.36. The van der Waals surface area contributed by atoms with E-state index in [1.54, 1.807) is 44.7 Å². The van der Waals surface area contributed by atoms with Gasteiger partial charge in [0.2, 0.25) is 11.3 Å². The number of carboxylic acid groups (broad SMARTS) is 1. The number of urea groups is 1. The van der Waals surface area contributed by atoms with Crippen LogP contribution in [-0.2, 0) is 4.79 Å². The van der Waals surface area contributed by atoms with Crippen LogP contribution in [-0.4, -0.2) is 74.4 Å². The average Bonchev–Trinajstić information content (AvgIpc) is 3.86. The summed E-state index contributed by atoms with van der Waals surface area (Å²) in [5, 5.41) is 15.2. The van der Waals surface area contributed by atoms with Gasteiger partial charge in [-0.15, -0.1) is 0 Å². The van der Waals surface area contributed by atoms with E-state index in [4.69, 9.17) is 11.6 Å². The zero-order valence-electron chi connectivity index (χ0n) is 24.1. The molecule has 2 aromatic carbocycles. The molecule has 238 valence electrons. The minimum Gasteiger partial charge on any atom is -0.477 e. The molecule has 0 atom stereocenters. The molecular formula is C30H27ClFN7O6S. The van der Waals surface area contributed by atoms with Crippen LogP contribution in [0.3, 0.4) is 0 Å². The number of fused-ring (bicyclic) bond motifs is 1. The Morgan fingerprint density at radius 1 is 1.04 bits per heavy atom. The molecule has 1 saturated heterocycles. The molecule has 0 unspecified atom stereocenters. The fourth-order valence-electron chi connectivity index (χ4n) is 5.21. The summed E-state index contributed by atoms with van der Waals surface area (Å²) < 4.78 is 17.1. The lowest BCUT2D eigenvalue weighted by atomic mass is 10.1. The highest BCUT2D eigenvalue weighted by molar-refractivity contribution is 7.99. The standard InChI is InChI=1S/C30H27ClFN7O6S/c31-16-1-3-17(4-2-16)33-29(45)34-24-13-25(40)36-30(35-24)46-15-26(41)38-9-7-37(8-10-38)23-12-22-19(11-21(23)32)27(42)20(28(43)44)14-39(22)18-5-6-18/h1-4,11-14,18H,5-10,15H2,(H,43,44)(H3,33,34,35,36,40,45). The molecular weight excluding hydrogens is 641 g/mol. The summed E-state index contributed by atoms with van der Waals surface area (Å²) in [4.78, 5) is 72.1. The van der Waals surface area contributed by atoms with Crippen LogP contribution in [0.1, 0.15) is 29.2 Å². The Hall–Kier alpha value is -4.89. The van der Waals surface area contributed by atoms with Gasteiger partial charge in [0.05, 0.1) is 17.0 Å². The summed E-state index contributed by atoms with van der Waals surface area (Å²) in [6.07, 6.45) is 3.02. The van der Waals surface area contributed by atoms with E-state index in [0.29, 0.717) is 42.4 Å². The van der Waals surface area contributed by atoms with Crippen LogP contribution < -0.4 is 26.5 Å². The van der Waals surface area contributed by atoms with Gasteiger partial charge in [0.15, 0.2) is 5.16 Å². The van der Waals surface area contributed by atoms with Crippen molar-refractivity contribution in [3.63, 3.8) is 0 Å². The van der Waals surface area contributed by atoms with Crippen LogP contribution in [0, 0.1) is 5.82 Å². The third-order valence-corrected chi connectivity index (χ3v) is 8.75. The maximum atomic E-state index is 15.3. The van der Waals surface area contributed by atoms with Gasteiger partial charge in [-0.05, 0) is 49.2 Å². The van der Waals surface area contributed by atoms with Gasteiger partial charge in [-0.3, -0.25) is 19.7 Å². The number of aromatic nitrogens is 3. The number of carbonyl (C=O) groups excluding carboxylic acids is 2. The fraction of sp³-hybridized carbons (Fsp3) is 0.267. The number of thioether (sulfide) groups is 1. The van der Waals surface area contributed by atoms with Crippen molar-refractivity contribution in [3.05, 3.63) is 85.6 Å². The van der Waals surface area contributed by atoms with E-state index in [2.05, 4.69) is 20.6 Å². The van der Waals surface area contributed by atoms with Crippen molar-refractivity contribution >= 4 is 69.4 Å². The molecule has 3 amide bonds. The molecule has 0 radical (unpaired) electrons. The van der Waals surface area contributed by atoms with Crippen LogP contribution in [0.15, 0.2) is 63.4 Å². The van der Waals surface area contributed by atoms with Gasteiger partial charge < -0.3 is 29.8 Å². The molecule has 1 saturated carbocycles. The second-order valence-corrected chi connectivity index (χ2v) is 12.2. The topological polar surface area (TPSA) is 170 Å². The number of anilines is 3. The summed E-state index contributed by atoms with van der Waals surface area (Å²) in [5.41, 5.74) is -0.386. The number of rotatable bonds is 8. The van der Waals surface area contributed by atoms with Crippen LogP contribution in [0.5, 0.6) is 0 Å². The summed E-state index contributed by atoms with van der Waals surface area (Å²) in [6.45, 7) is 1.27. The van der Waals surface area contributed by atoms with Crippen molar-refractivity contribution in [2.45, 2.75) is 24.0 Å². The minimum absolute atomic E-state index is 0.00230. The molecule has 6 rings (SSSR count). The molecule has 3 heterocycles. The number of aromatic carboxylic acids is 1. The van der Waals surface area contributed by atoms with E-state index in [9.17, 15) is 29.1 Å². The number of halogens is 2. The second kappa shape index (κ2) is 12.8. The number of piperazine rings is 1. The first-order valence-electron chi connectivity index (χ1n) is 14.3. The summed E-state index contributed by atoms with van der Waals surface area (Å²) in [5.74, 6) is -2.24. The summed E-state index contributed by atoms with van der Waals surface area (Å²) >= 11 is 6.86. The van der Waals surface area contributed by atoms with Crippen molar-refractivity contribution in [2.24, 2.45) is 0 Å². The molecule has 46 heavy (non-hydrogen) atoms. The smallest absolute Gasteiger partial charge is 0.341 e. The number of aromatic amines is 1. The van der Waals surface area contributed by atoms with Crippen molar-refractivity contribution in [1.29, 1.82) is 0 Å². The number of carboxylic acids is 1. The third-order valence-electron chi connectivity index (χ3n) is 7.64. The van der Waals surface area contributed by atoms with Gasteiger partial charge in [-0.1, -0.05) is 23.4 Å². The Morgan fingerprint density at radius 2 is 1.76 bits per heavy atom. The van der Waals surface area contributed by atoms with Crippen molar-refractivity contribution in [3.8, 4) is 0 Å². The van der Waals surface area contributed by atoms with Crippen LogP contribution in [0.4, 0.5) is 26.4 Å². The molecule has 16 heteroatoms. The van der Waals surface area contributed by atoms with Crippen LogP contribution in [0.25, 0.3) is 10.9 Å². The average molecular weight is 668 g/mol. The number of nitrogens with zero attached hydrogens (tertiary/aromatic N) is 4. The van der Waals surface area contributed by atoms with Crippen LogP contribution in [0.2, 0.25) is 5.02 Å². The van der Waals surface area contributed by atoms with Gasteiger partial charge in [0.1, 0.15) is 17.2 Å². The quantitative estimate of drug-likeness (QED) is 0.160. The fourth-order valence-corrected chi connectivity index (χ4v) is 6.11. The Balaban J connectivity index is 1.07. The lowest BCUT2D eigenvalue weighted by molar-refractivity contribution is -0.128. The van der Waals surface area contributed by atoms with E-state index in [1.165, 1.54) is 6.20 Å². The molecule has 1 aliphatic heterocycles. The molecule has 2 fully saturated rings. The number of amides is 3. The first-order valence-corrected chi connectivity index (χ1v) is 15.6. The predicted octanol–water partition coefficient (Wildman–Crippen LogP) is 4.00. The lowest BCUT2D eigenvalue weighted by Crippen LogP contribution is -2.49. The first kappa shape index (κ1) is 31.1. The molecule has 4 aromatic rings. The van der Waals surface area contributed by atoms with Gasteiger partial charge in [-0.25, -0.2) is 19.0 Å². The second-order valence-electron chi connectivity index (χ2n) is 10.8. The van der Waals surface area contributed by atoms with Crippen molar-refractivity contribution in [2.75, 3.05) is 47.5 Å². The normalized spacial score (nSPS) is 14.7. The molecule has 0 spiro atoms. The van der Waals surface area contributed by atoms with E-state index in [0.717, 1.165) is 36.7 Å². The van der Waals surface area contributed by atoms with Gasteiger partial charge in [0.25, 0.3) is 5.56 Å². The van der Waals surface area contributed by atoms with E-state index < -0.39 is 34.4 Å². The zero-order valence-corrected chi connectivity index (χ0v) is 25.7. The van der Waals surface area contributed by atoms with Crippen LogP contribution >= 0.6 is 23.4 Å². The number of hydrogen-bond donors (Lipinski definition) is 4. The number of H-pyrrole nitrogens is 1. The minimum atomic E-state index is -1.35. The maximum absolute atomic E-state index is 15.3. The van der Waals surface area contributed by atoms with E-state index >= 15 is 4.39 Å². The largest absolute Gasteiger partial charge is 0.477 e. The van der Waals surface area contributed by atoms with E-state index in [-0.39, 0.29) is 39.7 Å². The molecule has 2 aromatic heterocycles. The number of nitrogens with one attached hydrogen (secondary N) is 3. The highest BCUT2D eigenvalue weighted by atomic mass is 35.5. The summed E-state index contributed by atoms with van der Waals surface area (Å²) in [7, 11) is 0. The zero-order chi connectivity index (χ0) is 32.5. The Morgan fingerprint density at radius 3 is 2.43 bits per heavy atom. The van der Waals surface area contributed by atoms with Crippen molar-refractivity contribution < 1.29 is 23.9 Å². The monoisotopic (exact) mass is 667 g/mol. The molecule has 4 N–H and O–H groups in total. The molecule has 1 aliphatic carbocycles.